The number of piperidine rings is 1. The average molecular weight is 213 g/mol. The van der Waals surface area contributed by atoms with E-state index in [1.165, 1.54) is 12.8 Å². The standard InChI is InChI=1S/C13H27NO/c1-5-13(15,6-2)10-14-9-7-8-11(3)12(14)4/h11-12,15H,5-10H2,1-4H3. The van der Waals surface area contributed by atoms with Gasteiger partial charge in [-0.25, -0.2) is 0 Å². The van der Waals surface area contributed by atoms with E-state index in [9.17, 15) is 5.11 Å². The molecule has 1 aliphatic rings. The van der Waals surface area contributed by atoms with Crippen molar-refractivity contribution in [3.05, 3.63) is 0 Å². The minimum Gasteiger partial charge on any atom is -0.389 e. The van der Waals surface area contributed by atoms with Crippen LogP contribution in [-0.2, 0) is 0 Å². The Labute approximate surface area is 94.7 Å². The van der Waals surface area contributed by atoms with Crippen LogP contribution in [0.5, 0.6) is 0 Å². The molecule has 1 rings (SSSR count). The summed E-state index contributed by atoms with van der Waals surface area (Å²) in [6, 6.07) is 0.628. The lowest BCUT2D eigenvalue weighted by atomic mass is 9.89. The van der Waals surface area contributed by atoms with E-state index in [0.717, 1.165) is 31.8 Å². The van der Waals surface area contributed by atoms with Gasteiger partial charge < -0.3 is 5.11 Å². The van der Waals surface area contributed by atoms with Crippen LogP contribution in [0.1, 0.15) is 53.4 Å². The fraction of sp³-hybridized carbons (Fsp3) is 1.00. The zero-order valence-corrected chi connectivity index (χ0v) is 10.8. The number of rotatable bonds is 4. The Bertz CT molecular complexity index is 189. The molecule has 1 saturated heterocycles. The van der Waals surface area contributed by atoms with Crippen LogP contribution in [0, 0.1) is 5.92 Å². The van der Waals surface area contributed by atoms with Crippen molar-refractivity contribution in [3.63, 3.8) is 0 Å². The van der Waals surface area contributed by atoms with E-state index < -0.39 is 5.60 Å². The summed E-state index contributed by atoms with van der Waals surface area (Å²) in [5, 5.41) is 10.3. The lowest BCUT2D eigenvalue weighted by molar-refractivity contribution is -0.0286. The van der Waals surface area contributed by atoms with Crippen molar-refractivity contribution in [1.82, 2.24) is 4.90 Å². The number of hydrogen-bond donors (Lipinski definition) is 1. The van der Waals surface area contributed by atoms with E-state index in [1.54, 1.807) is 0 Å². The van der Waals surface area contributed by atoms with Gasteiger partial charge in [-0.05, 0) is 45.1 Å². The molecule has 0 amide bonds. The van der Waals surface area contributed by atoms with Gasteiger partial charge in [0.05, 0.1) is 5.60 Å². The normalized spacial score (nSPS) is 29.4. The van der Waals surface area contributed by atoms with E-state index in [-0.39, 0.29) is 0 Å². The first-order chi connectivity index (χ1) is 7.02. The molecule has 0 spiro atoms. The zero-order chi connectivity index (χ0) is 11.5. The highest BCUT2D eigenvalue weighted by Crippen LogP contribution is 2.26. The second kappa shape index (κ2) is 5.31. The van der Waals surface area contributed by atoms with Crippen LogP contribution >= 0.6 is 0 Å². The van der Waals surface area contributed by atoms with Gasteiger partial charge in [0.15, 0.2) is 0 Å². The molecule has 0 saturated carbocycles. The third-order valence-electron chi connectivity index (χ3n) is 4.32. The quantitative estimate of drug-likeness (QED) is 0.776. The highest BCUT2D eigenvalue weighted by Gasteiger charge is 2.31. The van der Waals surface area contributed by atoms with Crippen LogP contribution < -0.4 is 0 Å². The maximum absolute atomic E-state index is 10.3. The third kappa shape index (κ3) is 3.18. The Kier molecular flexibility index (Phi) is 4.60. The van der Waals surface area contributed by atoms with Crippen LogP contribution in [0.4, 0.5) is 0 Å². The lowest BCUT2D eigenvalue weighted by Gasteiger charge is -2.42. The molecule has 0 aromatic heterocycles. The molecule has 1 aliphatic heterocycles. The van der Waals surface area contributed by atoms with Gasteiger partial charge in [-0.3, -0.25) is 4.90 Å². The summed E-state index contributed by atoms with van der Waals surface area (Å²) in [6.07, 6.45) is 4.35. The summed E-state index contributed by atoms with van der Waals surface area (Å²) >= 11 is 0. The highest BCUT2D eigenvalue weighted by atomic mass is 16.3. The van der Waals surface area contributed by atoms with Gasteiger partial charge in [0.2, 0.25) is 0 Å². The van der Waals surface area contributed by atoms with E-state index in [1.807, 2.05) is 0 Å². The van der Waals surface area contributed by atoms with Gasteiger partial charge in [0.25, 0.3) is 0 Å². The second-order valence-electron chi connectivity index (χ2n) is 5.26. The first kappa shape index (κ1) is 13.0. The number of β-amino-alcohol motifs (C(OH)–C–C–N with tert-alkyl or cyclic N) is 1. The minimum absolute atomic E-state index is 0.467. The molecule has 2 heteroatoms. The maximum atomic E-state index is 10.3. The average Bonchev–Trinajstić information content (AvgIpc) is 2.25. The van der Waals surface area contributed by atoms with Gasteiger partial charge in [0, 0.05) is 12.6 Å². The van der Waals surface area contributed by atoms with Gasteiger partial charge in [0.1, 0.15) is 0 Å². The van der Waals surface area contributed by atoms with E-state index in [2.05, 4.69) is 32.6 Å². The molecule has 0 radical (unpaired) electrons. The molecule has 90 valence electrons. The van der Waals surface area contributed by atoms with Crippen LogP contribution in [-0.4, -0.2) is 34.7 Å². The second-order valence-corrected chi connectivity index (χ2v) is 5.26. The molecule has 2 nitrogen and oxygen atoms in total. The van der Waals surface area contributed by atoms with Crippen LogP contribution in [0.25, 0.3) is 0 Å². The van der Waals surface area contributed by atoms with Crippen LogP contribution in [0.2, 0.25) is 0 Å². The molecule has 0 bridgehead atoms. The van der Waals surface area contributed by atoms with Crippen molar-refractivity contribution < 1.29 is 5.11 Å². The smallest absolute Gasteiger partial charge is 0.0769 e. The Morgan fingerprint density at radius 2 is 1.87 bits per heavy atom. The fourth-order valence-corrected chi connectivity index (χ4v) is 2.50. The predicted molar refractivity (Wildman–Crippen MR) is 65.0 cm³/mol. The summed E-state index contributed by atoms with van der Waals surface area (Å²) in [6.45, 7) is 10.8. The Balaban J connectivity index is 2.56. The molecular formula is C13H27NO. The van der Waals surface area contributed by atoms with Gasteiger partial charge in [-0.15, -0.1) is 0 Å². The van der Waals surface area contributed by atoms with Gasteiger partial charge in [-0.1, -0.05) is 20.8 Å². The Morgan fingerprint density at radius 3 is 2.40 bits per heavy atom. The molecule has 0 aromatic carbocycles. The largest absolute Gasteiger partial charge is 0.389 e. The van der Waals surface area contributed by atoms with Crippen molar-refractivity contribution >= 4 is 0 Å². The minimum atomic E-state index is -0.467. The fourth-order valence-electron chi connectivity index (χ4n) is 2.50. The van der Waals surface area contributed by atoms with E-state index >= 15 is 0 Å². The SMILES string of the molecule is CCC(O)(CC)CN1CCCC(C)C1C. The summed E-state index contributed by atoms with van der Waals surface area (Å²) < 4.78 is 0. The predicted octanol–water partition coefficient (Wildman–Crippen LogP) is 2.66. The molecule has 15 heavy (non-hydrogen) atoms. The molecule has 1 N–H and O–H groups in total. The molecule has 0 aliphatic carbocycles. The van der Waals surface area contributed by atoms with Crippen molar-refractivity contribution in [2.45, 2.75) is 65.0 Å². The Hall–Kier alpha value is -0.0800. The lowest BCUT2D eigenvalue weighted by Crippen LogP contribution is -2.50. The monoisotopic (exact) mass is 213 g/mol. The Morgan fingerprint density at radius 1 is 1.27 bits per heavy atom. The first-order valence-electron chi connectivity index (χ1n) is 6.49. The number of aliphatic hydroxyl groups is 1. The van der Waals surface area contributed by atoms with Gasteiger partial charge in [-0.2, -0.15) is 0 Å². The van der Waals surface area contributed by atoms with Crippen molar-refractivity contribution in [2.24, 2.45) is 5.92 Å². The summed E-state index contributed by atoms with van der Waals surface area (Å²) in [4.78, 5) is 2.47. The van der Waals surface area contributed by atoms with Crippen LogP contribution in [0.3, 0.4) is 0 Å². The summed E-state index contributed by atoms with van der Waals surface area (Å²) in [7, 11) is 0. The maximum Gasteiger partial charge on any atom is 0.0769 e. The molecule has 2 atom stereocenters. The highest BCUT2D eigenvalue weighted by molar-refractivity contribution is 4.86. The van der Waals surface area contributed by atoms with Crippen LogP contribution in [0.15, 0.2) is 0 Å². The van der Waals surface area contributed by atoms with Crippen molar-refractivity contribution in [2.75, 3.05) is 13.1 Å². The number of nitrogens with zero attached hydrogens (tertiary/aromatic N) is 1. The summed E-state index contributed by atoms with van der Waals surface area (Å²) in [5.41, 5.74) is -0.467. The molecule has 0 aromatic rings. The third-order valence-corrected chi connectivity index (χ3v) is 4.32. The van der Waals surface area contributed by atoms with E-state index in [0.29, 0.717) is 6.04 Å². The van der Waals surface area contributed by atoms with Crippen molar-refractivity contribution in [1.29, 1.82) is 0 Å². The number of hydrogen-bond acceptors (Lipinski definition) is 2. The van der Waals surface area contributed by atoms with Gasteiger partial charge >= 0.3 is 0 Å². The zero-order valence-electron chi connectivity index (χ0n) is 10.8. The molecular weight excluding hydrogens is 186 g/mol. The first-order valence-corrected chi connectivity index (χ1v) is 6.49. The van der Waals surface area contributed by atoms with E-state index in [4.69, 9.17) is 0 Å². The molecule has 1 heterocycles. The molecule has 1 fully saturated rings. The van der Waals surface area contributed by atoms with Crippen molar-refractivity contribution in [3.8, 4) is 0 Å². The molecule has 2 unspecified atom stereocenters. The summed E-state index contributed by atoms with van der Waals surface area (Å²) in [5.74, 6) is 0.775. The topological polar surface area (TPSA) is 23.5 Å². The number of likely N-dealkylation sites (tertiary alicyclic amines) is 1.